The van der Waals surface area contributed by atoms with Crippen LogP contribution in [0.5, 0.6) is 0 Å². The summed E-state index contributed by atoms with van der Waals surface area (Å²) in [5.41, 5.74) is 0.618. The molecule has 3 nitrogen and oxygen atoms in total. The zero-order valence-electron chi connectivity index (χ0n) is 11.3. The van der Waals surface area contributed by atoms with E-state index in [9.17, 15) is 9.18 Å². The first-order valence-electron chi connectivity index (χ1n) is 6.48. The van der Waals surface area contributed by atoms with Crippen LogP contribution in [0.1, 0.15) is 15.4 Å². The van der Waals surface area contributed by atoms with E-state index >= 15 is 0 Å². The molecule has 0 N–H and O–H groups in total. The number of thiophene rings is 1. The molecule has 1 amide bonds. The van der Waals surface area contributed by atoms with Crippen molar-refractivity contribution in [2.75, 3.05) is 4.90 Å². The number of carbonyl (C=O) groups excluding carboxylic acids is 1. The maximum Gasteiger partial charge on any atom is 0.294 e. The molecule has 3 aromatic rings. The van der Waals surface area contributed by atoms with E-state index in [4.69, 9.17) is 4.42 Å². The Hall–Kier alpha value is -1.92. The number of nitrogens with zero attached hydrogens (tertiary/aromatic N) is 1. The molecule has 0 radical (unpaired) electrons. The summed E-state index contributed by atoms with van der Waals surface area (Å²) in [5.74, 6) is -0.383. The first kappa shape index (κ1) is 15.0. The van der Waals surface area contributed by atoms with Gasteiger partial charge in [0, 0.05) is 10.6 Å². The van der Waals surface area contributed by atoms with Crippen molar-refractivity contribution in [3.05, 3.63) is 75.0 Å². The molecule has 0 saturated heterocycles. The second kappa shape index (κ2) is 6.46. The maximum atomic E-state index is 13.1. The van der Waals surface area contributed by atoms with E-state index in [1.165, 1.54) is 12.1 Å². The summed E-state index contributed by atoms with van der Waals surface area (Å²) < 4.78 is 19.0. The Labute approximate surface area is 139 Å². The van der Waals surface area contributed by atoms with Crippen LogP contribution in [0.3, 0.4) is 0 Å². The summed E-state index contributed by atoms with van der Waals surface area (Å²) in [5, 5.41) is 1.95. The van der Waals surface area contributed by atoms with Crippen LogP contribution in [0.2, 0.25) is 0 Å². The summed E-state index contributed by atoms with van der Waals surface area (Å²) in [7, 11) is 0. The lowest BCUT2D eigenvalue weighted by Gasteiger charge is -2.21. The first-order valence-corrected chi connectivity index (χ1v) is 8.16. The lowest BCUT2D eigenvalue weighted by Crippen LogP contribution is -2.29. The van der Waals surface area contributed by atoms with Gasteiger partial charge in [-0.15, -0.1) is 11.3 Å². The quantitative estimate of drug-likeness (QED) is 0.632. The molecule has 2 aromatic heterocycles. The fourth-order valence-electron chi connectivity index (χ4n) is 2.02. The van der Waals surface area contributed by atoms with Crippen molar-refractivity contribution >= 4 is 38.9 Å². The van der Waals surface area contributed by atoms with E-state index in [-0.39, 0.29) is 17.5 Å². The molecule has 6 heteroatoms. The highest BCUT2D eigenvalue weighted by Crippen LogP contribution is 2.24. The van der Waals surface area contributed by atoms with Gasteiger partial charge < -0.3 is 9.32 Å². The van der Waals surface area contributed by atoms with E-state index in [2.05, 4.69) is 15.9 Å². The lowest BCUT2D eigenvalue weighted by molar-refractivity contribution is 0.0957. The molecule has 0 bridgehead atoms. The van der Waals surface area contributed by atoms with Gasteiger partial charge in [0.15, 0.2) is 10.4 Å². The van der Waals surface area contributed by atoms with Gasteiger partial charge in [-0.05, 0) is 63.8 Å². The molecule has 0 aliphatic carbocycles. The van der Waals surface area contributed by atoms with Crippen molar-refractivity contribution in [3.63, 3.8) is 0 Å². The molecular formula is C16H11BrFNO2S. The highest BCUT2D eigenvalue weighted by molar-refractivity contribution is 9.10. The molecule has 0 saturated carbocycles. The van der Waals surface area contributed by atoms with Crippen molar-refractivity contribution in [2.24, 2.45) is 0 Å². The van der Waals surface area contributed by atoms with Gasteiger partial charge in [0.1, 0.15) is 5.82 Å². The highest BCUT2D eigenvalue weighted by atomic mass is 79.9. The average Bonchev–Trinajstić information content (AvgIpc) is 3.17. The molecule has 0 aliphatic rings. The van der Waals surface area contributed by atoms with Gasteiger partial charge >= 0.3 is 0 Å². The predicted molar refractivity (Wildman–Crippen MR) is 87.6 cm³/mol. The van der Waals surface area contributed by atoms with Crippen molar-refractivity contribution in [3.8, 4) is 0 Å². The summed E-state index contributed by atoms with van der Waals surface area (Å²) in [6, 6.07) is 13.0. The van der Waals surface area contributed by atoms with Crippen LogP contribution in [-0.4, -0.2) is 5.91 Å². The lowest BCUT2D eigenvalue weighted by atomic mass is 10.2. The van der Waals surface area contributed by atoms with Crippen LogP contribution >= 0.6 is 27.3 Å². The van der Waals surface area contributed by atoms with Crippen molar-refractivity contribution in [2.45, 2.75) is 6.54 Å². The molecule has 0 atom stereocenters. The van der Waals surface area contributed by atoms with Crippen molar-refractivity contribution in [1.29, 1.82) is 0 Å². The largest absolute Gasteiger partial charge is 0.444 e. The van der Waals surface area contributed by atoms with Crippen LogP contribution in [0.15, 0.2) is 63.0 Å². The Kier molecular flexibility index (Phi) is 4.40. The zero-order chi connectivity index (χ0) is 15.5. The Morgan fingerprint density at radius 2 is 1.95 bits per heavy atom. The van der Waals surface area contributed by atoms with Crippen molar-refractivity contribution in [1.82, 2.24) is 0 Å². The molecule has 0 unspecified atom stereocenters. The Morgan fingerprint density at radius 3 is 2.55 bits per heavy atom. The fourth-order valence-corrected chi connectivity index (χ4v) is 3.02. The zero-order valence-corrected chi connectivity index (χ0v) is 13.7. The molecule has 0 fully saturated rings. The van der Waals surface area contributed by atoms with Gasteiger partial charge in [0.2, 0.25) is 0 Å². The number of rotatable bonds is 4. The van der Waals surface area contributed by atoms with E-state index < -0.39 is 0 Å². The third-order valence-electron chi connectivity index (χ3n) is 3.06. The Balaban J connectivity index is 1.94. The van der Waals surface area contributed by atoms with E-state index in [0.717, 1.165) is 4.88 Å². The van der Waals surface area contributed by atoms with Gasteiger partial charge in [-0.2, -0.15) is 0 Å². The molecule has 0 spiro atoms. The summed E-state index contributed by atoms with van der Waals surface area (Å²) in [6.07, 6.45) is 0. The second-order valence-electron chi connectivity index (χ2n) is 4.55. The van der Waals surface area contributed by atoms with E-state index in [1.54, 1.807) is 40.5 Å². The van der Waals surface area contributed by atoms with Crippen LogP contribution in [0, 0.1) is 5.82 Å². The SMILES string of the molecule is O=C(c1ccc(Br)o1)N(Cc1cccs1)c1ccc(F)cc1. The topological polar surface area (TPSA) is 33.5 Å². The van der Waals surface area contributed by atoms with Gasteiger partial charge in [-0.3, -0.25) is 4.79 Å². The summed E-state index contributed by atoms with van der Waals surface area (Å²) in [4.78, 5) is 15.3. The van der Waals surface area contributed by atoms with Gasteiger partial charge in [0.05, 0.1) is 6.54 Å². The van der Waals surface area contributed by atoms with Crippen molar-refractivity contribution < 1.29 is 13.6 Å². The number of furan rings is 1. The number of benzene rings is 1. The summed E-state index contributed by atoms with van der Waals surface area (Å²) in [6.45, 7) is 0.403. The van der Waals surface area contributed by atoms with Crippen LogP contribution in [0.4, 0.5) is 10.1 Å². The van der Waals surface area contributed by atoms with E-state index in [0.29, 0.717) is 16.9 Å². The maximum absolute atomic E-state index is 13.1. The third kappa shape index (κ3) is 3.28. The second-order valence-corrected chi connectivity index (χ2v) is 6.36. The minimum Gasteiger partial charge on any atom is -0.444 e. The minimum atomic E-state index is -0.340. The van der Waals surface area contributed by atoms with Gasteiger partial charge in [-0.1, -0.05) is 6.07 Å². The standard InChI is InChI=1S/C16H11BrFNO2S/c17-15-8-7-14(21-15)16(20)19(10-13-2-1-9-22-13)12-5-3-11(18)4-6-12/h1-9H,10H2. The van der Waals surface area contributed by atoms with Crippen LogP contribution < -0.4 is 4.90 Å². The molecule has 2 heterocycles. The van der Waals surface area contributed by atoms with Crippen LogP contribution in [0.25, 0.3) is 0 Å². The molecule has 112 valence electrons. The van der Waals surface area contributed by atoms with Gasteiger partial charge in [0.25, 0.3) is 5.91 Å². The number of anilines is 1. The smallest absolute Gasteiger partial charge is 0.294 e. The highest BCUT2D eigenvalue weighted by Gasteiger charge is 2.21. The molecular weight excluding hydrogens is 369 g/mol. The van der Waals surface area contributed by atoms with Crippen LogP contribution in [-0.2, 0) is 6.54 Å². The normalized spacial score (nSPS) is 10.6. The molecule has 3 rings (SSSR count). The Morgan fingerprint density at radius 1 is 1.18 bits per heavy atom. The molecule has 1 aromatic carbocycles. The fraction of sp³-hybridized carbons (Fsp3) is 0.0625. The minimum absolute atomic E-state index is 0.229. The number of hydrogen-bond acceptors (Lipinski definition) is 3. The van der Waals surface area contributed by atoms with E-state index in [1.807, 2.05) is 17.5 Å². The average molecular weight is 380 g/mol. The summed E-state index contributed by atoms with van der Waals surface area (Å²) >= 11 is 4.75. The monoisotopic (exact) mass is 379 g/mol. The number of hydrogen-bond donors (Lipinski definition) is 0. The number of amides is 1. The number of carbonyl (C=O) groups is 1. The third-order valence-corrected chi connectivity index (χ3v) is 4.35. The predicted octanol–water partition coefficient (Wildman–Crippen LogP) is 5.09. The van der Waals surface area contributed by atoms with Gasteiger partial charge in [-0.25, -0.2) is 4.39 Å². The molecule has 0 aliphatic heterocycles. The molecule has 22 heavy (non-hydrogen) atoms. The Bertz CT molecular complexity index is 768. The first-order chi connectivity index (χ1) is 10.6. The number of halogens is 2.